The molecule has 0 fully saturated rings. The lowest BCUT2D eigenvalue weighted by Crippen LogP contribution is -2.34. The van der Waals surface area contributed by atoms with Gasteiger partial charge in [0.05, 0.1) is 13.0 Å². The van der Waals surface area contributed by atoms with Gasteiger partial charge >= 0.3 is 5.97 Å². The molecule has 21 heavy (non-hydrogen) atoms. The van der Waals surface area contributed by atoms with Crippen LogP contribution in [0.4, 0.5) is 0 Å². The molecule has 7 nitrogen and oxygen atoms in total. The summed E-state index contributed by atoms with van der Waals surface area (Å²) in [6, 6.07) is 3.36. The third kappa shape index (κ3) is 4.15. The van der Waals surface area contributed by atoms with Crippen molar-refractivity contribution in [3.63, 3.8) is 0 Å². The summed E-state index contributed by atoms with van der Waals surface area (Å²) in [6.45, 7) is 4.91. The Hall–Kier alpha value is -1.67. The van der Waals surface area contributed by atoms with Crippen molar-refractivity contribution in [2.24, 2.45) is 0 Å². The van der Waals surface area contributed by atoms with Crippen LogP contribution in [0.5, 0.6) is 0 Å². The molecule has 0 aliphatic rings. The highest BCUT2D eigenvalue weighted by molar-refractivity contribution is 9.10. The number of aromatic nitrogens is 2. The second-order valence-corrected chi connectivity index (χ2v) is 5.40. The van der Waals surface area contributed by atoms with Gasteiger partial charge in [-0.2, -0.15) is 0 Å². The first-order valence-electron chi connectivity index (χ1n) is 6.53. The maximum absolute atomic E-state index is 10.8. The average Bonchev–Trinajstić information content (AvgIpc) is 3.03. The van der Waals surface area contributed by atoms with E-state index in [0.717, 1.165) is 0 Å². The lowest BCUT2D eigenvalue weighted by molar-refractivity contribution is -0.138. The molecule has 1 atom stereocenters. The number of hydrogen-bond acceptors (Lipinski definition) is 6. The van der Waals surface area contributed by atoms with Crippen molar-refractivity contribution in [1.29, 1.82) is 0 Å². The molecule has 0 aliphatic heterocycles. The predicted molar refractivity (Wildman–Crippen MR) is 77.5 cm³/mol. The zero-order valence-electron chi connectivity index (χ0n) is 11.7. The van der Waals surface area contributed by atoms with E-state index in [9.17, 15) is 4.79 Å². The van der Waals surface area contributed by atoms with Gasteiger partial charge in [0, 0.05) is 6.04 Å². The summed E-state index contributed by atoms with van der Waals surface area (Å²) >= 11 is 3.21. The van der Waals surface area contributed by atoms with E-state index in [1.54, 1.807) is 12.1 Å². The van der Waals surface area contributed by atoms with Crippen LogP contribution in [0.15, 0.2) is 25.6 Å². The van der Waals surface area contributed by atoms with Crippen molar-refractivity contribution in [3.8, 4) is 11.7 Å². The summed E-state index contributed by atoms with van der Waals surface area (Å²) in [5, 5.41) is 16.8. The van der Waals surface area contributed by atoms with Crippen molar-refractivity contribution >= 4 is 21.9 Å². The van der Waals surface area contributed by atoms with Crippen LogP contribution in [0.1, 0.15) is 26.2 Å². The summed E-state index contributed by atoms with van der Waals surface area (Å²) in [5.74, 6) is 0.393. The molecule has 0 aliphatic carbocycles. The first kappa shape index (κ1) is 15.7. The second-order valence-electron chi connectivity index (χ2n) is 4.61. The molecule has 0 saturated carbocycles. The minimum absolute atomic E-state index is 0.0694. The van der Waals surface area contributed by atoms with E-state index in [1.807, 2.05) is 18.7 Å². The van der Waals surface area contributed by atoms with Crippen molar-refractivity contribution in [2.75, 3.05) is 6.54 Å². The summed E-state index contributed by atoms with van der Waals surface area (Å²) in [4.78, 5) is 12.7. The van der Waals surface area contributed by atoms with Crippen LogP contribution >= 0.6 is 15.9 Å². The quantitative estimate of drug-likeness (QED) is 0.813. The van der Waals surface area contributed by atoms with Crippen molar-refractivity contribution in [2.45, 2.75) is 32.9 Å². The maximum atomic E-state index is 10.8. The number of halogens is 1. The molecule has 2 rings (SSSR count). The van der Waals surface area contributed by atoms with E-state index in [4.69, 9.17) is 13.9 Å². The van der Waals surface area contributed by atoms with Gasteiger partial charge in [-0.3, -0.25) is 9.69 Å². The van der Waals surface area contributed by atoms with E-state index in [2.05, 4.69) is 26.1 Å². The molecule has 0 bridgehead atoms. The van der Waals surface area contributed by atoms with Gasteiger partial charge in [-0.25, -0.2) is 0 Å². The number of nitrogens with zero attached hydrogens (tertiary/aromatic N) is 3. The highest BCUT2D eigenvalue weighted by atomic mass is 79.9. The molecule has 0 radical (unpaired) electrons. The SMILES string of the molecule is CCN(Cc1nnc(-c2ccc(Br)o2)o1)C(C)CC(=O)O. The Morgan fingerprint density at radius 1 is 1.43 bits per heavy atom. The third-order valence-electron chi connectivity index (χ3n) is 3.09. The number of carbonyl (C=O) groups is 1. The van der Waals surface area contributed by atoms with Crippen molar-refractivity contribution in [1.82, 2.24) is 15.1 Å². The van der Waals surface area contributed by atoms with E-state index in [-0.39, 0.29) is 12.5 Å². The first-order chi connectivity index (χ1) is 9.99. The highest BCUT2D eigenvalue weighted by Gasteiger charge is 2.19. The van der Waals surface area contributed by atoms with Crippen LogP contribution in [-0.2, 0) is 11.3 Å². The zero-order valence-corrected chi connectivity index (χ0v) is 13.3. The van der Waals surface area contributed by atoms with Gasteiger partial charge in [0.15, 0.2) is 10.4 Å². The van der Waals surface area contributed by atoms with E-state index < -0.39 is 5.97 Å². The zero-order chi connectivity index (χ0) is 15.4. The van der Waals surface area contributed by atoms with Crippen LogP contribution in [0.2, 0.25) is 0 Å². The topological polar surface area (TPSA) is 92.6 Å². The molecule has 1 unspecified atom stereocenters. The maximum Gasteiger partial charge on any atom is 0.304 e. The number of hydrogen-bond donors (Lipinski definition) is 1. The molecular formula is C13H16BrN3O4. The molecule has 1 N–H and O–H groups in total. The summed E-state index contributed by atoms with van der Waals surface area (Å²) in [6.07, 6.45) is 0.0694. The Bertz CT molecular complexity index is 610. The Labute approximate surface area is 130 Å². The van der Waals surface area contributed by atoms with Crippen LogP contribution in [0, 0.1) is 0 Å². The number of aliphatic carboxylic acids is 1. The van der Waals surface area contributed by atoms with Crippen molar-refractivity contribution in [3.05, 3.63) is 22.7 Å². The second kappa shape index (κ2) is 6.86. The molecular weight excluding hydrogens is 342 g/mol. The monoisotopic (exact) mass is 357 g/mol. The number of carboxylic acid groups (broad SMARTS) is 1. The standard InChI is InChI=1S/C13H16BrN3O4/c1-3-17(8(2)6-12(18)19)7-11-15-16-13(21-11)9-4-5-10(14)20-9/h4-5,8H,3,6-7H2,1-2H3,(H,18,19). The Balaban J connectivity index is 2.05. The minimum Gasteiger partial charge on any atom is -0.481 e. The molecule has 114 valence electrons. The predicted octanol–water partition coefficient (Wildman–Crippen LogP) is 2.78. The van der Waals surface area contributed by atoms with Crippen LogP contribution < -0.4 is 0 Å². The fraction of sp³-hybridized carbons (Fsp3) is 0.462. The summed E-state index contributed by atoms with van der Waals surface area (Å²) in [7, 11) is 0. The van der Waals surface area contributed by atoms with Crippen LogP contribution in [0.3, 0.4) is 0 Å². The molecule has 0 spiro atoms. The van der Waals surface area contributed by atoms with Gasteiger partial charge in [-0.05, 0) is 41.5 Å². The lowest BCUT2D eigenvalue weighted by atomic mass is 10.2. The number of carboxylic acids is 1. The first-order valence-corrected chi connectivity index (χ1v) is 7.32. The molecule has 0 saturated heterocycles. The Kier molecular flexibility index (Phi) is 5.13. The molecule has 8 heteroatoms. The Morgan fingerprint density at radius 2 is 2.19 bits per heavy atom. The summed E-state index contributed by atoms with van der Waals surface area (Å²) < 4.78 is 11.5. The lowest BCUT2D eigenvalue weighted by Gasteiger charge is -2.24. The van der Waals surface area contributed by atoms with Gasteiger partial charge < -0.3 is 13.9 Å². The molecule has 2 heterocycles. The molecule has 0 amide bonds. The molecule has 2 aromatic rings. The summed E-state index contributed by atoms with van der Waals surface area (Å²) in [5.41, 5.74) is 0. The average molecular weight is 358 g/mol. The van der Waals surface area contributed by atoms with Crippen LogP contribution in [0.25, 0.3) is 11.7 Å². The normalized spacial score (nSPS) is 12.8. The van der Waals surface area contributed by atoms with Gasteiger partial charge in [-0.1, -0.05) is 6.92 Å². The van der Waals surface area contributed by atoms with E-state index in [0.29, 0.717) is 35.3 Å². The number of rotatable bonds is 7. The van der Waals surface area contributed by atoms with Gasteiger partial charge in [-0.15, -0.1) is 10.2 Å². The molecule has 2 aromatic heterocycles. The van der Waals surface area contributed by atoms with E-state index in [1.165, 1.54) is 0 Å². The van der Waals surface area contributed by atoms with Gasteiger partial charge in [0.25, 0.3) is 5.89 Å². The van der Waals surface area contributed by atoms with Crippen LogP contribution in [-0.4, -0.2) is 38.8 Å². The van der Waals surface area contributed by atoms with Gasteiger partial charge in [0.1, 0.15) is 0 Å². The smallest absolute Gasteiger partial charge is 0.304 e. The Morgan fingerprint density at radius 3 is 2.76 bits per heavy atom. The fourth-order valence-electron chi connectivity index (χ4n) is 1.98. The minimum atomic E-state index is -0.826. The fourth-order valence-corrected chi connectivity index (χ4v) is 2.29. The third-order valence-corrected chi connectivity index (χ3v) is 3.51. The largest absolute Gasteiger partial charge is 0.481 e. The molecule has 0 aromatic carbocycles. The van der Waals surface area contributed by atoms with E-state index >= 15 is 0 Å². The van der Waals surface area contributed by atoms with Gasteiger partial charge in [0.2, 0.25) is 5.89 Å². The van der Waals surface area contributed by atoms with Crippen molar-refractivity contribution < 1.29 is 18.7 Å². The number of furan rings is 1. The highest BCUT2D eigenvalue weighted by Crippen LogP contribution is 2.24.